The van der Waals surface area contributed by atoms with Crippen molar-refractivity contribution in [2.24, 2.45) is 16.5 Å². The summed E-state index contributed by atoms with van der Waals surface area (Å²) in [4.78, 5) is 58.7. The number of hydrazine groups is 1. The van der Waals surface area contributed by atoms with Crippen molar-refractivity contribution in [2.75, 3.05) is 13.1 Å². The largest absolute Gasteiger partial charge is 0.490 e. The first-order chi connectivity index (χ1) is 19.8. The number of aldehydes is 1. The fourth-order valence-corrected chi connectivity index (χ4v) is 3.53. The number of nitrogens with one attached hydrogen (secondary N) is 2. The van der Waals surface area contributed by atoms with Crippen molar-refractivity contribution in [3.63, 3.8) is 0 Å². The Hall–Kier alpha value is -4.42. The van der Waals surface area contributed by atoms with Gasteiger partial charge in [-0.2, -0.15) is 26.3 Å². The Morgan fingerprint density at radius 2 is 1.60 bits per heavy atom. The van der Waals surface area contributed by atoms with E-state index >= 15 is 0 Å². The van der Waals surface area contributed by atoms with E-state index in [4.69, 9.17) is 31.3 Å². The number of carbonyl (C=O) groups is 5. The predicted molar refractivity (Wildman–Crippen MR) is 138 cm³/mol. The lowest BCUT2D eigenvalue weighted by Gasteiger charge is -2.42. The summed E-state index contributed by atoms with van der Waals surface area (Å²) in [6.45, 7) is 2.32. The fourth-order valence-electron chi connectivity index (χ4n) is 3.53. The third kappa shape index (κ3) is 14.9. The van der Waals surface area contributed by atoms with Gasteiger partial charge in [-0.05, 0) is 31.2 Å². The molecule has 13 nitrogen and oxygen atoms in total. The summed E-state index contributed by atoms with van der Waals surface area (Å²) in [5.74, 6) is -6.05. The summed E-state index contributed by atoms with van der Waals surface area (Å²) >= 11 is 0. The lowest BCUT2D eigenvalue weighted by Crippen LogP contribution is -2.68. The van der Waals surface area contributed by atoms with Gasteiger partial charge < -0.3 is 31.8 Å². The lowest BCUT2D eigenvalue weighted by atomic mass is 9.83. The average Bonchev–Trinajstić information content (AvgIpc) is 2.89. The summed E-state index contributed by atoms with van der Waals surface area (Å²) in [7, 11) is 0. The molecule has 1 aliphatic rings. The van der Waals surface area contributed by atoms with Crippen molar-refractivity contribution in [1.29, 1.82) is 0 Å². The standard InChI is InChI=1S/C20H30N6O3.2C2HF3O2/c1-15(28)26(17(14-27)9-5-11-24-19(21)22)25-20(10-6-12-23-18(20)29)13-16-7-3-2-4-8-16;2*3-2(4,5)1(6)7/h2-4,7-8,14,17,25H,5-6,9-13H2,1H3,(H,23,29)(H4,21,22,24);2*(H,6,7)/t17-,20?;;/m0../s1. The van der Waals surface area contributed by atoms with E-state index in [1.807, 2.05) is 30.3 Å². The number of halogens is 6. The highest BCUT2D eigenvalue weighted by Gasteiger charge is 2.43. The summed E-state index contributed by atoms with van der Waals surface area (Å²) in [6, 6.07) is 8.87. The van der Waals surface area contributed by atoms with Gasteiger partial charge in [0.25, 0.3) is 0 Å². The fraction of sp³-hybridized carbons (Fsp3) is 0.500. The first kappa shape index (κ1) is 38.6. The Morgan fingerprint density at radius 3 is 2.00 bits per heavy atom. The van der Waals surface area contributed by atoms with E-state index < -0.39 is 35.9 Å². The monoisotopic (exact) mass is 630 g/mol. The van der Waals surface area contributed by atoms with Crippen LogP contribution in [0, 0.1) is 0 Å². The average molecular weight is 631 g/mol. The van der Waals surface area contributed by atoms with Crippen LogP contribution in [0.25, 0.3) is 0 Å². The van der Waals surface area contributed by atoms with Gasteiger partial charge in [0.15, 0.2) is 5.96 Å². The minimum atomic E-state index is -5.08. The zero-order valence-corrected chi connectivity index (χ0v) is 22.7. The van der Waals surface area contributed by atoms with Crippen LogP contribution in [0.1, 0.15) is 38.2 Å². The van der Waals surface area contributed by atoms with Gasteiger partial charge in [0.2, 0.25) is 11.8 Å². The number of aliphatic imine (C=N–C) groups is 1. The Labute approximate surface area is 241 Å². The molecule has 1 fully saturated rings. The molecule has 43 heavy (non-hydrogen) atoms. The molecule has 1 aliphatic heterocycles. The lowest BCUT2D eigenvalue weighted by molar-refractivity contribution is -0.193. The molecule has 0 bridgehead atoms. The highest BCUT2D eigenvalue weighted by atomic mass is 19.4. The number of carboxylic acid groups (broad SMARTS) is 2. The highest BCUT2D eigenvalue weighted by Crippen LogP contribution is 2.24. The van der Waals surface area contributed by atoms with Crippen LogP contribution in [-0.2, 0) is 30.4 Å². The molecule has 2 atom stereocenters. The quantitative estimate of drug-likeness (QED) is 0.0541. The Bertz CT molecular complexity index is 1090. The van der Waals surface area contributed by atoms with Crippen LogP contribution in [-0.4, -0.2) is 88.2 Å². The van der Waals surface area contributed by atoms with E-state index in [0.717, 1.165) is 12.0 Å². The number of hydrogen-bond donors (Lipinski definition) is 6. The van der Waals surface area contributed by atoms with Crippen molar-refractivity contribution >= 4 is 36.0 Å². The molecular formula is C24H32F6N6O7. The summed E-state index contributed by atoms with van der Waals surface area (Å²) < 4.78 is 63.5. The van der Waals surface area contributed by atoms with Crippen LogP contribution in [0.5, 0.6) is 0 Å². The number of guanidine groups is 1. The number of nitrogens with two attached hydrogens (primary N) is 2. The summed E-state index contributed by atoms with van der Waals surface area (Å²) in [6.07, 6.45) is -6.84. The van der Waals surface area contributed by atoms with E-state index in [-0.39, 0.29) is 17.8 Å². The normalized spacial score (nSPS) is 17.0. The Kier molecular flexibility index (Phi) is 15.7. The van der Waals surface area contributed by atoms with Crippen LogP contribution >= 0.6 is 0 Å². The van der Waals surface area contributed by atoms with Crippen LogP contribution in [0.4, 0.5) is 26.3 Å². The van der Waals surface area contributed by atoms with Gasteiger partial charge in [0.05, 0.1) is 0 Å². The molecular weight excluding hydrogens is 598 g/mol. The molecule has 242 valence electrons. The van der Waals surface area contributed by atoms with E-state index in [1.165, 1.54) is 11.9 Å². The maximum Gasteiger partial charge on any atom is 0.490 e. The second-order valence-corrected chi connectivity index (χ2v) is 8.86. The number of hydrogen-bond acceptors (Lipinski definition) is 7. The summed E-state index contributed by atoms with van der Waals surface area (Å²) in [5, 5.41) is 18.4. The smallest absolute Gasteiger partial charge is 0.475 e. The molecule has 0 spiro atoms. The number of benzene rings is 1. The molecule has 2 amide bonds. The first-order valence-electron chi connectivity index (χ1n) is 12.3. The second kappa shape index (κ2) is 17.5. The van der Waals surface area contributed by atoms with Gasteiger partial charge >= 0.3 is 24.3 Å². The van der Waals surface area contributed by atoms with Crippen LogP contribution < -0.4 is 22.2 Å². The second-order valence-electron chi connectivity index (χ2n) is 8.86. The number of piperidine rings is 1. The number of carbonyl (C=O) groups excluding carboxylic acids is 3. The van der Waals surface area contributed by atoms with Crippen molar-refractivity contribution in [2.45, 2.75) is 63.0 Å². The number of alkyl halides is 6. The molecule has 0 aromatic heterocycles. The minimum Gasteiger partial charge on any atom is -0.475 e. The number of rotatable bonds is 10. The van der Waals surface area contributed by atoms with Gasteiger partial charge in [-0.15, -0.1) is 0 Å². The van der Waals surface area contributed by atoms with Gasteiger partial charge in [-0.1, -0.05) is 30.3 Å². The molecule has 1 aromatic carbocycles. The van der Waals surface area contributed by atoms with E-state index in [1.54, 1.807) is 0 Å². The van der Waals surface area contributed by atoms with E-state index in [2.05, 4.69) is 15.7 Å². The van der Waals surface area contributed by atoms with Crippen molar-refractivity contribution in [3.05, 3.63) is 35.9 Å². The van der Waals surface area contributed by atoms with Gasteiger partial charge in [0.1, 0.15) is 17.9 Å². The van der Waals surface area contributed by atoms with Crippen LogP contribution in [0.2, 0.25) is 0 Å². The predicted octanol–water partition coefficient (Wildman–Crippen LogP) is 1.12. The Balaban J connectivity index is 0.00000104. The highest BCUT2D eigenvalue weighted by molar-refractivity contribution is 5.88. The van der Waals surface area contributed by atoms with Gasteiger partial charge in [-0.3, -0.25) is 19.6 Å². The SMILES string of the molecule is CC(=O)N(NC1(Cc2ccccc2)CCCNC1=O)[C@H](C=O)CCCN=C(N)N.O=C(O)C(F)(F)F.O=C(O)C(F)(F)F. The zero-order chi connectivity index (χ0) is 33.4. The summed E-state index contributed by atoms with van der Waals surface area (Å²) in [5.41, 5.74) is 13.7. The minimum absolute atomic E-state index is 0.0186. The topological polar surface area (TPSA) is 218 Å². The van der Waals surface area contributed by atoms with Crippen LogP contribution in [0.3, 0.4) is 0 Å². The maximum absolute atomic E-state index is 12.9. The molecule has 1 unspecified atom stereocenters. The molecule has 8 N–H and O–H groups in total. The zero-order valence-electron chi connectivity index (χ0n) is 22.7. The molecule has 19 heteroatoms. The molecule has 0 saturated carbocycles. The van der Waals surface area contributed by atoms with Crippen molar-refractivity contribution in [1.82, 2.24) is 15.8 Å². The molecule has 0 radical (unpaired) electrons. The molecule has 0 aliphatic carbocycles. The Morgan fingerprint density at radius 1 is 1.09 bits per heavy atom. The molecule has 1 saturated heterocycles. The molecule has 2 rings (SSSR count). The number of amides is 2. The number of nitrogens with zero attached hydrogens (tertiary/aromatic N) is 2. The van der Waals surface area contributed by atoms with Gasteiger partial charge in [-0.25, -0.2) is 15.0 Å². The number of carboxylic acids is 2. The third-order valence-corrected chi connectivity index (χ3v) is 5.45. The van der Waals surface area contributed by atoms with Crippen molar-refractivity contribution < 1.29 is 60.5 Å². The van der Waals surface area contributed by atoms with Crippen molar-refractivity contribution in [3.8, 4) is 0 Å². The van der Waals surface area contributed by atoms with Crippen LogP contribution in [0.15, 0.2) is 35.3 Å². The molecule has 1 aromatic rings. The third-order valence-electron chi connectivity index (χ3n) is 5.45. The molecule has 1 heterocycles. The van der Waals surface area contributed by atoms with E-state index in [9.17, 15) is 40.7 Å². The van der Waals surface area contributed by atoms with E-state index in [0.29, 0.717) is 45.1 Å². The number of aliphatic carboxylic acids is 2. The first-order valence-corrected chi connectivity index (χ1v) is 12.3. The van der Waals surface area contributed by atoms with Gasteiger partial charge in [0, 0.05) is 26.4 Å². The maximum atomic E-state index is 12.9.